The number of amides is 1. The highest BCUT2D eigenvalue weighted by Gasteiger charge is 2.11. The predicted octanol–water partition coefficient (Wildman–Crippen LogP) is -0.482. The summed E-state index contributed by atoms with van der Waals surface area (Å²) in [4.78, 5) is 22.1. The van der Waals surface area contributed by atoms with Crippen molar-refractivity contribution in [2.45, 2.75) is 26.5 Å². The molecule has 1 unspecified atom stereocenters. The summed E-state index contributed by atoms with van der Waals surface area (Å²) in [6.07, 6.45) is 1.14. The summed E-state index contributed by atoms with van der Waals surface area (Å²) in [7, 11) is 0. The van der Waals surface area contributed by atoms with E-state index in [1.165, 1.54) is 10.9 Å². The van der Waals surface area contributed by atoms with E-state index >= 15 is 0 Å². The summed E-state index contributed by atoms with van der Waals surface area (Å²) in [5.41, 5.74) is -0.189. The van der Waals surface area contributed by atoms with Gasteiger partial charge in [0.1, 0.15) is 6.54 Å². The number of carbonyl (C=O) groups excluding carboxylic acids is 1. The third kappa shape index (κ3) is 4.50. The molecule has 2 N–H and O–H groups in total. The van der Waals surface area contributed by atoms with Crippen LogP contribution in [0.3, 0.4) is 0 Å². The van der Waals surface area contributed by atoms with Crippen molar-refractivity contribution < 1.29 is 19.4 Å². The van der Waals surface area contributed by atoms with Gasteiger partial charge in [0, 0.05) is 13.2 Å². The van der Waals surface area contributed by atoms with Gasteiger partial charge in [0.15, 0.2) is 5.69 Å². The molecule has 0 aliphatic heterocycles. The molecular weight excluding hydrogens is 240 g/mol. The number of hydrogen-bond acceptors (Lipinski definition) is 5. The second-order valence-electron chi connectivity index (χ2n) is 3.68. The van der Waals surface area contributed by atoms with Gasteiger partial charge >= 0.3 is 5.97 Å². The normalized spacial score (nSPS) is 12.1. The molecule has 0 bridgehead atoms. The number of rotatable bonds is 7. The number of aromatic nitrogens is 3. The van der Waals surface area contributed by atoms with Gasteiger partial charge in [0.25, 0.3) is 0 Å². The Hall–Kier alpha value is -1.96. The molecule has 100 valence electrons. The number of nitrogens with zero attached hydrogens (tertiary/aromatic N) is 3. The van der Waals surface area contributed by atoms with E-state index < -0.39 is 5.97 Å². The maximum Gasteiger partial charge on any atom is 0.358 e. The molecule has 0 saturated carbocycles. The van der Waals surface area contributed by atoms with E-state index in [0.717, 1.165) is 0 Å². The highest BCUT2D eigenvalue weighted by molar-refractivity contribution is 5.84. The Kier molecular flexibility index (Phi) is 5.25. The number of carboxylic acids is 1. The van der Waals surface area contributed by atoms with Gasteiger partial charge in [-0.1, -0.05) is 5.21 Å². The highest BCUT2D eigenvalue weighted by Crippen LogP contribution is 1.93. The summed E-state index contributed by atoms with van der Waals surface area (Å²) >= 11 is 0. The summed E-state index contributed by atoms with van der Waals surface area (Å²) in [5.74, 6) is -1.45. The molecule has 0 radical (unpaired) electrons. The van der Waals surface area contributed by atoms with Gasteiger partial charge in [-0.2, -0.15) is 0 Å². The van der Waals surface area contributed by atoms with Gasteiger partial charge in [0.05, 0.1) is 12.3 Å². The van der Waals surface area contributed by atoms with E-state index in [1.807, 2.05) is 13.8 Å². The average molecular weight is 256 g/mol. The fourth-order valence-corrected chi connectivity index (χ4v) is 1.28. The first-order chi connectivity index (χ1) is 8.52. The highest BCUT2D eigenvalue weighted by atomic mass is 16.5. The molecule has 1 heterocycles. The molecule has 8 nitrogen and oxygen atoms in total. The van der Waals surface area contributed by atoms with Crippen molar-refractivity contribution in [1.29, 1.82) is 0 Å². The predicted molar refractivity (Wildman–Crippen MR) is 61.1 cm³/mol. The Morgan fingerprint density at radius 2 is 2.33 bits per heavy atom. The largest absolute Gasteiger partial charge is 0.476 e. The molecule has 1 atom stereocenters. The van der Waals surface area contributed by atoms with Gasteiger partial charge in [-0.05, 0) is 13.8 Å². The van der Waals surface area contributed by atoms with Crippen LogP contribution in [0.2, 0.25) is 0 Å². The lowest BCUT2D eigenvalue weighted by Crippen LogP contribution is -2.34. The zero-order valence-corrected chi connectivity index (χ0v) is 10.3. The number of carbonyl (C=O) groups is 2. The van der Waals surface area contributed by atoms with Crippen molar-refractivity contribution in [2.24, 2.45) is 0 Å². The SMILES string of the molecule is CCOC(C)CNC(=O)Cn1cc(C(=O)O)nn1. The Morgan fingerprint density at radius 1 is 1.61 bits per heavy atom. The van der Waals surface area contributed by atoms with Crippen LogP contribution in [0.25, 0.3) is 0 Å². The zero-order valence-electron chi connectivity index (χ0n) is 10.3. The van der Waals surface area contributed by atoms with Crippen LogP contribution in [0, 0.1) is 0 Å². The minimum absolute atomic E-state index is 0.0655. The molecule has 1 rings (SSSR count). The van der Waals surface area contributed by atoms with E-state index in [0.29, 0.717) is 13.2 Å². The summed E-state index contributed by atoms with van der Waals surface area (Å²) in [6.45, 7) is 4.64. The Bertz CT molecular complexity index is 418. The van der Waals surface area contributed by atoms with E-state index in [1.54, 1.807) is 0 Å². The van der Waals surface area contributed by atoms with Crippen LogP contribution in [-0.4, -0.2) is 51.2 Å². The Labute approximate surface area is 104 Å². The van der Waals surface area contributed by atoms with Crippen LogP contribution in [0.5, 0.6) is 0 Å². The van der Waals surface area contributed by atoms with E-state index in [-0.39, 0.29) is 24.2 Å². The maximum absolute atomic E-state index is 11.5. The molecule has 1 aromatic rings. The van der Waals surface area contributed by atoms with Crippen molar-refractivity contribution in [3.8, 4) is 0 Å². The number of hydrogen-bond donors (Lipinski definition) is 2. The molecule has 8 heteroatoms. The molecule has 1 aromatic heterocycles. The molecule has 0 saturated heterocycles. The number of nitrogens with one attached hydrogen (secondary N) is 1. The van der Waals surface area contributed by atoms with Crippen molar-refractivity contribution in [3.63, 3.8) is 0 Å². The Balaban J connectivity index is 2.37. The summed E-state index contributed by atoms with van der Waals surface area (Å²) in [5, 5.41) is 18.2. The molecule has 0 aliphatic carbocycles. The quantitative estimate of drug-likeness (QED) is 0.682. The van der Waals surface area contributed by atoms with Crippen LogP contribution in [0.4, 0.5) is 0 Å². The van der Waals surface area contributed by atoms with Crippen LogP contribution in [-0.2, 0) is 16.1 Å². The van der Waals surface area contributed by atoms with Crippen LogP contribution < -0.4 is 5.32 Å². The lowest BCUT2D eigenvalue weighted by molar-refractivity contribution is -0.122. The summed E-state index contributed by atoms with van der Waals surface area (Å²) < 4.78 is 6.42. The topological polar surface area (TPSA) is 106 Å². The van der Waals surface area contributed by atoms with Crippen molar-refractivity contribution in [3.05, 3.63) is 11.9 Å². The molecule has 0 aromatic carbocycles. The maximum atomic E-state index is 11.5. The second-order valence-corrected chi connectivity index (χ2v) is 3.68. The van der Waals surface area contributed by atoms with Gasteiger partial charge in [-0.25, -0.2) is 9.48 Å². The molecule has 18 heavy (non-hydrogen) atoms. The molecule has 0 spiro atoms. The van der Waals surface area contributed by atoms with Crippen molar-refractivity contribution in [2.75, 3.05) is 13.2 Å². The van der Waals surface area contributed by atoms with Crippen LogP contribution >= 0.6 is 0 Å². The number of ether oxygens (including phenoxy) is 1. The van der Waals surface area contributed by atoms with Gasteiger partial charge in [-0.15, -0.1) is 5.10 Å². The van der Waals surface area contributed by atoms with Gasteiger partial charge < -0.3 is 15.2 Å². The van der Waals surface area contributed by atoms with Crippen molar-refractivity contribution >= 4 is 11.9 Å². The number of carboxylic acid groups (broad SMARTS) is 1. The lowest BCUT2D eigenvalue weighted by atomic mass is 10.4. The first-order valence-corrected chi connectivity index (χ1v) is 5.54. The first-order valence-electron chi connectivity index (χ1n) is 5.54. The van der Waals surface area contributed by atoms with Gasteiger partial charge in [-0.3, -0.25) is 4.79 Å². The summed E-state index contributed by atoms with van der Waals surface area (Å²) in [6, 6.07) is 0. The molecule has 1 amide bonds. The zero-order chi connectivity index (χ0) is 13.5. The van der Waals surface area contributed by atoms with Crippen molar-refractivity contribution in [1.82, 2.24) is 20.3 Å². The van der Waals surface area contributed by atoms with E-state index in [4.69, 9.17) is 9.84 Å². The van der Waals surface area contributed by atoms with Crippen LogP contribution in [0.15, 0.2) is 6.20 Å². The number of aromatic carboxylic acids is 1. The molecule has 0 fully saturated rings. The molecular formula is C10H16N4O4. The first kappa shape index (κ1) is 14.1. The third-order valence-corrected chi connectivity index (χ3v) is 2.10. The van der Waals surface area contributed by atoms with Gasteiger partial charge in [0.2, 0.25) is 5.91 Å². The minimum Gasteiger partial charge on any atom is -0.476 e. The standard InChI is InChI=1S/C10H16N4O4/c1-3-18-7(2)4-11-9(15)6-14-5-8(10(16)17)12-13-14/h5,7H,3-4,6H2,1-2H3,(H,11,15)(H,16,17). The van der Waals surface area contributed by atoms with E-state index in [2.05, 4.69) is 15.6 Å². The fourth-order valence-electron chi connectivity index (χ4n) is 1.28. The molecule has 0 aliphatic rings. The third-order valence-electron chi connectivity index (χ3n) is 2.10. The minimum atomic E-state index is -1.17. The monoisotopic (exact) mass is 256 g/mol. The average Bonchev–Trinajstić information content (AvgIpc) is 2.75. The second kappa shape index (κ2) is 6.70. The smallest absolute Gasteiger partial charge is 0.358 e. The Morgan fingerprint density at radius 3 is 2.89 bits per heavy atom. The lowest BCUT2D eigenvalue weighted by Gasteiger charge is -2.12. The van der Waals surface area contributed by atoms with Crippen LogP contribution in [0.1, 0.15) is 24.3 Å². The fraction of sp³-hybridized carbons (Fsp3) is 0.600. The van der Waals surface area contributed by atoms with E-state index in [9.17, 15) is 9.59 Å².